The first-order valence-electron chi connectivity index (χ1n) is 6.95. The van der Waals surface area contributed by atoms with Gasteiger partial charge in [-0.3, -0.25) is 0 Å². The zero-order chi connectivity index (χ0) is 14.3. The van der Waals surface area contributed by atoms with Gasteiger partial charge in [-0.15, -0.1) is 11.3 Å². The molecule has 0 amide bonds. The number of benzene rings is 1. The summed E-state index contributed by atoms with van der Waals surface area (Å²) >= 11 is 1.84. The van der Waals surface area contributed by atoms with Crippen LogP contribution in [0.3, 0.4) is 0 Å². The highest BCUT2D eigenvalue weighted by molar-refractivity contribution is 7.12. The summed E-state index contributed by atoms with van der Waals surface area (Å²) in [4.78, 5) is 2.67. The molecule has 0 N–H and O–H groups in total. The minimum atomic E-state index is 0.0636. The topological polar surface area (TPSA) is 3.01 Å². The third kappa shape index (κ3) is 2.04. The van der Waals surface area contributed by atoms with Gasteiger partial charge in [-0.25, -0.2) is 0 Å². The van der Waals surface area contributed by atoms with Gasteiger partial charge in [0.1, 0.15) is 7.05 Å². The molecule has 2 aromatic rings. The van der Waals surface area contributed by atoms with Crippen LogP contribution in [0.4, 0.5) is 5.69 Å². The van der Waals surface area contributed by atoms with Crippen molar-refractivity contribution in [3.8, 4) is 0 Å². The lowest BCUT2D eigenvalue weighted by atomic mass is 9.81. The SMILES string of the molecule is Cc1ccc(/C=C/C2=[N+](C)c3ccccc3C2(C)C)s1. The fourth-order valence-corrected chi connectivity index (χ4v) is 3.79. The molecule has 102 valence electrons. The van der Waals surface area contributed by atoms with E-state index < -0.39 is 0 Å². The van der Waals surface area contributed by atoms with E-state index in [4.69, 9.17) is 0 Å². The highest BCUT2D eigenvalue weighted by atomic mass is 32.1. The summed E-state index contributed by atoms with van der Waals surface area (Å²) in [6, 6.07) is 13.0. The molecule has 1 aromatic heterocycles. The van der Waals surface area contributed by atoms with Gasteiger partial charge in [-0.1, -0.05) is 18.2 Å². The summed E-state index contributed by atoms with van der Waals surface area (Å²) in [6.45, 7) is 6.75. The summed E-state index contributed by atoms with van der Waals surface area (Å²) < 4.78 is 2.31. The second kappa shape index (κ2) is 4.71. The molecule has 1 aromatic carbocycles. The number of thiophene rings is 1. The smallest absolute Gasteiger partial charge is 0.198 e. The lowest BCUT2D eigenvalue weighted by Crippen LogP contribution is -2.26. The molecule has 0 atom stereocenters. The molecule has 0 spiro atoms. The van der Waals surface area contributed by atoms with E-state index in [2.05, 4.69) is 80.9 Å². The molecule has 1 nitrogen and oxygen atoms in total. The van der Waals surface area contributed by atoms with Crippen LogP contribution >= 0.6 is 11.3 Å². The van der Waals surface area contributed by atoms with Crippen LogP contribution in [-0.2, 0) is 5.41 Å². The highest BCUT2D eigenvalue weighted by Crippen LogP contribution is 2.39. The summed E-state index contributed by atoms with van der Waals surface area (Å²) in [5.74, 6) is 0. The molecule has 0 saturated heterocycles. The standard InChI is InChI=1S/C18H20NS/c1-13-9-10-14(20-13)11-12-17-18(2,3)15-7-5-6-8-16(15)19(17)4/h5-12H,1-4H3/q+1/b12-11+. The Morgan fingerprint density at radius 1 is 1.05 bits per heavy atom. The van der Waals surface area contributed by atoms with Crippen molar-refractivity contribution in [2.24, 2.45) is 0 Å². The lowest BCUT2D eigenvalue weighted by molar-refractivity contribution is -0.401. The van der Waals surface area contributed by atoms with Crippen LogP contribution in [0.15, 0.2) is 42.5 Å². The van der Waals surface area contributed by atoms with Gasteiger partial charge in [0.2, 0.25) is 5.69 Å². The van der Waals surface area contributed by atoms with Gasteiger partial charge in [-0.05, 0) is 39.0 Å². The number of rotatable bonds is 2. The molecule has 1 aliphatic heterocycles. The first-order valence-corrected chi connectivity index (χ1v) is 7.77. The number of hydrogen-bond donors (Lipinski definition) is 0. The maximum atomic E-state index is 2.31. The number of aryl methyl sites for hydroxylation is 1. The van der Waals surface area contributed by atoms with Gasteiger partial charge >= 0.3 is 0 Å². The second-order valence-corrected chi connectivity index (χ2v) is 7.19. The van der Waals surface area contributed by atoms with Crippen molar-refractivity contribution in [1.82, 2.24) is 0 Å². The van der Waals surface area contributed by atoms with Gasteiger partial charge in [0.15, 0.2) is 5.71 Å². The Labute approximate surface area is 124 Å². The maximum absolute atomic E-state index is 2.31. The van der Waals surface area contributed by atoms with E-state index in [0.717, 1.165) is 0 Å². The molecule has 1 aliphatic rings. The van der Waals surface area contributed by atoms with Crippen LogP contribution in [-0.4, -0.2) is 17.3 Å². The van der Waals surface area contributed by atoms with Crippen molar-refractivity contribution in [2.45, 2.75) is 26.2 Å². The molecule has 0 fully saturated rings. The fourth-order valence-electron chi connectivity index (χ4n) is 3.01. The fraction of sp³-hybridized carbons (Fsp3) is 0.278. The van der Waals surface area contributed by atoms with Crippen molar-refractivity contribution in [3.63, 3.8) is 0 Å². The van der Waals surface area contributed by atoms with Gasteiger partial charge in [0.05, 0.1) is 5.41 Å². The van der Waals surface area contributed by atoms with Crippen molar-refractivity contribution in [3.05, 3.63) is 57.8 Å². The number of para-hydroxylation sites is 1. The Bertz CT molecular complexity index is 717. The highest BCUT2D eigenvalue weighted by Gasteiger charge is 2.42. The molecule has 3 rings (SSSR count). The maximum Gasteiger partial charge on any atom is 0.209 e. The average molecular weight is 282 g/mol. The van der Waals surface area contributed by atoms with E-state index in [0.29, 0.717) is 0 Å². The second-order valence-electron chi connectivity index (χ2n) is 5.87. The average Bonchev–Trinajstić information content (AvgIpc) is 2.91. The summed E-state index contributed by atoms with van der Waals surface area (Å²) in [5.41, 5.74) is 4.14. The Balaban J connectivity index is 2.02. The minimum absolute atomic E-state index is 0.0636. The van der Waals surface area contributed by atoms with E-state index in [-0.39, 0.29) is 5.41 Å². The first kappa shape index (κ1) is 13.3. The number of nitrogens with zero attached hydrogens (tertiary/aromatic N) is 1. The van der Waals surface area contributed by atoms with Crippen LogP contribution in [0, 0.1) is 6.92 Å². The van der Waals surface area contributed by atoms with E-state index in [1.54, 1.807) is 0 Å². The number of hydrogen-bond acceptors (Lipinski definition) is 1. The first-order chi connectivity index (χ1) is 9.50. The predicted octanol–water partition coefficient (Wildman–Crippen LogP) is 4.78. The molecular weight excluding hydrogens is 262 g/mol. The third-order valence-electron chi connectivity index (χ3n) is 4.11. The molecule has 20 heavy (non-hydrogen) atoms. The normalized spacial score (nSPS) is 17.0. The molecule has 2 heteroatoms. The van der Waals surface area contributed by atoms with E-state index in [9.17, 15) is 0 Å². The van der Waals surface area contributed by atoms with Crippen LogP contribution in [0.5, 0.6) is 0 Å². The zero-order valence-electron chi connectivity index (χ0n) is 12.5. The number of fused-ring (bicyclic) bond motifs is 1. The van der Waals surface area contributed by atoms with Gasteiger partial charge < -0.3 is 0 Å². The molecule has 2 heterocycles. The molecule has 0 unspecified atom stereocenters. The van der Waals surface area contributed by atoms with Crippen molar-refractivity contribution in [1.29, 1.82) is 0 Å². The van der Waals surface area contributed by atoms with Crippen molar-refractivity contribution >= 4 is 28.8 Å². The summed E-state index contributed by atoms with van der Waals surface area (Å²) in [7, 11) is 2.16. The Morgan fingerprint density at radius 2 is 1.80 bits per heavy atom. The van der Waals surface area contributed by atoms with Crippen molar-refractivity contribution in [2.75, 3.05) is 7.05 Å². The van der Waals surface area contributed by atoms with Gasteiger partial charge in [0, 0.05) is 27.5 Å². The predicted molar refractivity (Wildman–Crippen MR) is 88.4 cm³/mol. The van der Waals surface area contributed by atoms with E-state index in [1.165, 1.54) is 26.7 Å². The van der Waals surface area contributed by atoms with E-state index >= 15 is 0 Å². The largest absolute Gasteiger partial charge is 0.209 e. The van der Waals surface area contributed by atoms with Crippen molar-refractivity contribution < 1.29 is 4.58 Å². The number of allylic oxidation sites excluding steroid dienone is 1. The molecule has 0 bridgehead atoms. The third-order valence-corrected chi connectivity index (χ3v) is 5.07. The van der Waals surface area contributed by atoms with E-state index in [1.807, 2.05) is 11.3 Å². The monoisotopic (exact) mass is 282 g/mol. The van der Waals surface area contributed by atoms with Gasteiger partial charge in [0.25, 0.3) is 0 Å². The van der Waals surface area contributed by atoms with Crippen LogP contribution in [0.25, 0.3) is 6.08 Å². The van der Waals surface area contributed by atoms with Crippen LogP contribution in [0.2, 0.25) is 0 Å². The Hall–Kier alpha value is -1.67. The van der Waals surface area contributed by atoms with Crippen LogP contribution in [0.1, 0.15) is 29.2 Å². The summed E-state index contributed by atoms with van der Waals surface area (Å²) in [5, 5.41) is 0. The van der Waals surface area contributed by atoms with Crippen LogP contribution < -0.4 is 0 Å². The minimum Gasteiger partial charge on any atom is -0.198 e. The van der Waals surface area contributed by atoms with Gasteiger partial charge in [-0.2, -0.15) is 4.58 Å². The molecule has 0 radical (unpaired) electrons. The Morgan fingerprint density at radius 3 is 2.45 bits per heavy atom. The molecule has 0 saturated carbocycles. The zero-order valence-corrected chi connectivity index (χ0v) is 13.3. The quantitative estimate of drug-likeness (QED) is 0.698. The molecule has 0 aliphatic carbocycles. The Kier molecular flexibility index (Phi) is 3.14. The molecular formula is C18H20NS+. The summed E-state index contributed by atoms with van der Waals surface area (Å²) in [6.07, 6.45) is 4.50. The lowest BCUT2D eigenvalue weighted by Gasteiger charge is -2.15.